The molecule has 3 aromatic heterocycles. The summed E-state index contributed by atoms with van der Waals surface area (Å²) in [7, 11) is 0. The van der Waals surface area contributed by atoms with Crippen LogP contribution >= 0.6 is 11.3 Å². The number of pyridine rings is 2. The number of hydrogen-bond acceptors (Lipinski definition) is 4. The molecule has 0 saturated heterocycles. The zero-order chi connectivity index (χ0) is 22.4. The Kier molecular flexibility index (Phi) is 4.36. The van der Waals surface area contributed by atoms with E-state index >= 15 is 0 Å². The first-order valence-corrected chi connectivity index (χ1v) is 11.2. The van der Waals surface area contributed by atoms with Gasteiger partial charge in [-0.2, -0.15) is 5.26 Å². The van der Waals surface area contributed by atoms with Gasteiger partial charge in [-0.15, -0.1) is 16.3 Å². The number of nitriles is 1. The Morgan fingerprint density at radius 1 is 0.758 bits per heavy atom. The lowest BCUT2D eigenvalue weighted by Gasteiger charge is -2.09. The summed E-state index contributed by atoms with van der Waals surface area (Å²) in [4.78, 5) is 11.7. The Bertz CT molecular complexity index is 1800. The molecule has 0 saturated carbocycles. The largest absolute Gasteiger partial charge is 0.361 e. The summed E-state index contributed by atoms with van der Waals surface area (Å²) in [5.74, 6) is 0.395. The second-order valence-corrected chi connectivity index (χ2v) is 8.80. The highest BCUT2D eigenvalue weighted by Gasteiger charge is 2.14. The van der Waals surface area contributed by atoms with E-state index in [1.54, 1.807) is 23.7 Å². The van der Waals surface area contributed by atoms with E-state index in [-0.39, 0.29) is 0 Å². The third-order valence-electron chi connectivity index (χ3n) is 5.86. The lowest BCUT2D eigenvalue weighted by Crippen LogP contribution is -1.84. The van der Waals surface area contributed by atoms with Crippen LogP contribution in [-0.2, 0) is 0 Å². The first-order chi connectivity index (χ1) is 16.2. The van der Waals surface area contributed by atoms with Gasteiger partial charge in [0, 0.05) is 26.4 Å². The van der Waals surface area contributed by atoms with Gasteiger partial charge in [0.25, 0.3) is 5.82 Å². The third kappa shape index (κ3) is 3.11. The molecule has 0 N–H and O–H groups in total. The molecule has 152 valence electrons. The molecular formula is C28H14N4S. The van der Waals surface area contributed by atoms with E-state index in [1.807, 2.05) is 24.3 Å². The van der Waals surface area contributed by atoms with Crippen LogP contribution in [0.25, 0.3) is 58.0 Å². The van der Waals surface area contributed by atoms with Crippen molar-refractivity contribution in [3.05, 3.63) is 102 Å². The smallest absolute Gasteiger partial charge is 0.270 e. The quantitative estimate of drug-likeness (QED) is 0.260. The van der Waals surface area contributed by atoms with Gasteiger partial charge in [-0.1, -0.05) is 43.0 Å². The minimum Gasteiger partial charge on any atom is -0.361 e. The van der Waals surface area contributed by atoms with Gasteiger partial charge in [-0.05, 0) is 69.4 Å². The molecule has 6 rings (SSSR count). The van der Waals surface area contributed by atoms with Crippen molar-refractivity contribution in [2.24, 2.45) is 0 Å². The molecule has 0 fully saturated rings. The number of benzene rings is 3. The molecule has 33 heavy (non-hydrogen) atoms. The zero-order valence-electron chi connectivity index (χ0n) is 17.3. The Labute approximate surface area is 193 Å². The summed E-state index contributed by atoms with van der Waals surface area (Å²) >= 11 is 1.76. The van der Waals surface area contributed by atoms with Crippen molar-refractivity contribution in [1.82, 2.24) is 9.97 Å². The number of rotatable bonds is 2. The molecule has 3 heterocycles. The molecule has 0 amide bonds. The highest BCUT2D eigenvalue weighted by atomic mass is 32.1. The molecular weight excluding hydrogens is 424 g/mol. The fraction of sp³-hybridized carbons (Fsp3) is 0. The van der Waals surface area contributed by atoms with Gasteiger partial charge in [0.1, 0.15) is 18.0 Å². The highest BCUT2D eigenvalue weighted by Crippen LogP contribution is 2.43. The Morgan fingerprint density at radius 2 is 1.55 bits per heavy atom. The van der Waals surface area contributed by atoms with Crippen LogP contribution in [0.2, 0.25) is 0 Å². The number of nitrogens with zero attached hydrogens (tertiary/aromatic N) is 4. The van der Waals surface area contributed by atoms with Crippen LogP contribution in [0.4, 0.5) is 5.82 Å². The number of thiophene rings is 1. The molecule has 4 nitrogen and oxygen atoms in total. The van der Waals surface area contributed by atoms with Gasteiger partial charge in [-0.25, -0.2) is 4.98 Å². The second-order valence-electron chi connectivity index (χ2n) is 7.71. The van der Waals surface area contributed by atoms with Crippen molar-refractivity contribution < 1.29 is 0 Å². The molecule has 5 heteroatoms. The third-order valence-corrected chi connectivity index (χ3v) is 6.96. The maximum atomic E-state index is 9.20. The van der Waals surface area contributed by atoms with Crippen molar-refractivity contribution in [3.8, 4) is 28.3 Å². The van der Waals surface area contributed by atoms with Gasteiger partial charge in [-0.3, -0.25) is 0 Å². The van der Waals surface area contributed by atoms with Crippen molar-refractivity contribution in [2.75, 3.05) is 0 Å². The summed E-state index contributed by atoms with van der Waals surface area (Å²) in [5, 5.41) is 14.0. The van der Waals surface area contributed by atoms with Crippen LogP contribution in [0.5, 0.6) is 0 Å². The predicted molar refractivity (Wildman–Crippen MR) is 134 cm³/mol. The van der Waals surface area contributed by atoms with Gasteiger partial charge >= 0.3 is 0 Å². The molecule has 3 aromatic carbocycles. The van der Waals surface area contributed by atoms with E-state index in [0.717, 1.165) is 27.6 Å². The molecule has 0 bridgehead atoms. The topological polar surface area (TPSA) is 53.9 Å². The molecule has 0 aliphatic heterocycles. The maximum Gasteiger partial charge on any atom is 0.270 e. The van der Waals surface area contributed by atoms with Gasteiger partial charge in [0.15, 0.2) is 0 Å². The van der Waals surface area contributed by atoms with E-state index in [1.165, 1.54) is 25.6 Å². The Morgan fingerprint density at radius 3 is 2.39 bits per heavy atom. The van der Waals surface area contributed by atoms with Crippen molar-refractivity contribution in [2.45, 2.75) is 0 Å². The van der Waals surface area contributed by atoms with E-state index < -0.39 is 0 Å². The van der Waals surface area contributed by atoms with Crippen LogP contribution < -0.4 is 0 Å². The predicted octanol–water partition coefficient (Wildman–Crippen LogP) is 7.75. The molecule has 0 aliphatic carbocycles. The zero-order valence-corrected chi connectivity index (χ0v) is 18.1. The summed E-state index contributed by atoms with van der Waals surface area (Å²) in [6.07, 6.45) is 3.37. The SMILES string of the molecule is [C-]#[N+]c1cc(-c2cc3sc4cc(-c5ccnc(C#N)c5)ccc4c3c3ccccc23)ccn1. The summed E-state index contributed by atoms with van der Waals surface area (Å²) < 4.78 is 2.39. The summed E-state index contributed by atoms with van der Waals surface area (Å²) in [6.45, 7) is 7.33. The monoisotopic (exact) mass is 438 g/mol. The average molecular weight is 439 g/mol. The van der Waals surface area contributed by atoms with Crippen LogP contribution in [-0.4, -0.2) is 9.97 Å². The molecule has 0 spiro atoms. The lowest BCUT2D eigenvalue weighted by molar-refractivity contribution is 1.27. The van der Waals surface area contributed by atoms with Crippen molar-refractivity contribution in [3.63, 3.8) is 0 Å². The molecule has 0 atom stereocenters. The lowest BCUT2D eigenvalue weighted by atomic mass is 9.95. The highest BCUT2D eigenvalue weighted by molar-refractivity contribution is 7.26. The average Bonchev–Trinajstić information content (AvgIpc) is 3.26. The van der Waals surface area contributed by atoms with Crippen molar-refractivity contribution >= 4 is 48.1 Å². The molecule has 0 aliphatic rings. The second kappa shape index (κ2) is 7.53. The van der Waals surface area contributed by atoms with Gasteiger partial charge in [0.2, 0.25) is 0 Å². The van der Waals surface area contributed by atoms with Crippen LogP contribution in [0.1, 0.15) is 5.69 Å². The first-order valence-electron chi connectivity index (χ1n) is 10.3. The van der Waals surface area contributed by atoms with Gasteiger partial charge < -0.3 is 4.85 Å². The minimum absolute atomic E-state index is 0.395. The molecule has 0 radical (unpaired) electrons. The van der Waals surface area contributed by atoms with E-state index in [2.05, 4.69) is 69.4 Å². The number of aromatic nitrogens is 2. The van der Waals surface area contributed by atoms with Crippen molar-refractivity contribution in [1.29, 1.82) is 5.26 Å². The summed E-state index contributed by atoms with van der Waals surface area (Å²) in [5.41, 5.74) is 4.55. The van der Waals surface area contributed by atoms with Crippen LogP contribution in [0, 0.1) is 17.9 Å². The van der Waals surface area contributed by atoms with E-state index in [4.69, 9.17) is 6.57 Å². The van der Waals surface area contributed by atoms with E-state index in [9.17, 15) is 5.26 Å². The molecule has 6 aromatic rings. The maximum absolute atomic E-state index is 9.20. The Hall–Kier alpha value is -4.58. The Balaban J connectivity index is 1.63. The number of hydrogen-bond donors (Lipinski definition) is 0. The summed E-state index contributed by atoms with van der Waals surface area (Å²) in [6, 6.07) is 26.8. The van der Waals surface area contributed by atoms with Crippen LogP contribution in [0.15, 0.2) is 85.2 Å². The standard InChI is InChI=1S/C28H14N4S/c1-30-27-14-19(9-11-32-27)24-15-26-28(22-5-3-2-4-21(22)24)23-7-6-17(13-25(23)33-26)18-8-10-31-20(12-18)16-29/h2-15H. The fourth-order valence-corrected chi connectivity index (χ4v) is 5.58. The normalized spacial score (nSPS) is 11.0. The first kappa shape index (κ1) is 19.1. The number of fused-ring (bicyclic) bond motifs is 5. The molecule has 0 unspecified atom stereocenters. The fourth-order valence-electron chi connectivity index (χ4n) is 4.38. The van der Waals surface area contributed by atoms with Crippen LogP contribution in [0.3, 0.4) is 0 Å². The van der Waals surface area contributed by atoms with E-state index in [0.29, 0.717) is 11.5 Å². The minimum atomic E-state index is 0.395. The van der Waals surface area contributed by atoms with Gasteiger partial charge in [0.05, 0.1) is 0 Å².